The fraction of sp³-hybridized carbons (Fsp3) is 0.133. The molecule has 2 nitrogen and oxygen atoms in total. The summed E-state index contributed by atoms with van der Waals surface area (Å²) in [7, 11) is 0. The highest BCUT2D eigenvalue weighted by Gasteiger charge is 2.10. The van der Waals surface area contributed by atoms with Crippen LogP contribution in [0.15, 0.2) is 47.4 Å². The van der Waals surface area contributed by atoms with Crippen LogP contribution in [0.1, 0.15) is 16.7 Å². The molecule has 0 saturated heterocycles. The SMILES string of the molecule is Cc1ccccc1SCc1cccc(C(=N)N)c1F. The van der Waals surface area contributed by atoms with Gasteiger partial charge >= 0.3 is 0 Å². The molecule has 2 rings (SSSR count). The van der Waals surface area contributed by atoms with E-state index in [1.54, 1.807) is 23.9 Å². The molecule has 2 aromatic rings. The average Bonchev–Trinajstić information content (AvgIpc) is 2.39. The molecule has 0 saturated carbocycles. The second-order valence-electron chi connectivity index (χ2n) is 4.25. The fourth-order valence-electron chi connectivity index (χ4n) is 1.77. The maximum Gasteiger partial charge on any atom is 0.138 e. The fourth-order valence-corrected chi connectivity index (χ4v) is 2.78. The molecule has 3 N–H and O–H groups in total. The van der Waals surface area contributed by atoms with Gasteiger partial charge in [-0.05, 0) is 30.2 Å². The van der Waals surface area contributed by atoms with Crippen LogP contribution in [0, 0.1) is 18.2 Å². The van der Waals surface area contributed by atoms with E-state index in [2.05, 4.69) is 0 Å². The number of aryl methyl sites for hydroxylation is 1. The standard InChI is InChI=1S/C15H15FN2S/c1-10-5-2-3-8-13(10)19-9-11-6-4-7-12(14(11)16)15(17)18/h2-8H,9H2,1H3,(H3,17,18). The molecule has 4 heteroatoms. The van der Waals surface area contributed by atoms with Crippen molar-refractivity contribution in [2.24, 2.45) is 5.73 Å². The van der Waals surface area contributed by atoms with Crippen molar-refractivity contribution in [2.75, 3.05) is 0 Å². The van der Waals surface area contributed by atoms with Gasteiger partial charge < -0.3 is 5.73 Å². The molecule has 0 fully saturated rings. The summed E-state index contributed by atoms with van der Waals surface area (Å²) >= 11 is 1.58. The van der Waals surface area contributed by atoms with Gasteiger partial charge in [0.25, 0.3) is 0 Å². The number of nitrogens with two attached hydrogens (primary N) is 1. The van der Waals surface area contributed by atoms with Crippen molar-refractivity contribution in [3.05, 3.63) is 65.0 Å². The Morgan fingerprint density at radius 1 is 1.21 bits per heavy atom. The molecule has 0 spiro atoms. The molecule has 0 unspecified atom stereocenters. The molecule has 0 heterocycles. The number of hydrogen-bond acceptors (Lipinski definition) is 2. The van der Waals surface area contributed by atoms with Gasteiger partial charge in [0.1, 0.15) is 11.7 Å². The summed E-state index contributed by atoms with van der Waals surface area (Å²) in [5.41, 5.74) is 7.27. The molecular formula is C15H15FN2S. The lowest BCUT2D eigenvalue weighted by atomic mass is 10.1. The number of benzene rings is 2. The van der Waals surface area contributed by atoms with Gasteiger partial charge in [-0.1, -0.05) is 30.3 Å². The van der Waals surface area contributed by atoms with Gasteiger partial charge in [-0.3, -0.25) is 5.41 Å². The van der Waals surface area contributed by atoms with E-state index >= 15 is 0 Å². The predicted molar refractivity (Wildman–Crippen MR) is 78.2 cm³/mol. The predicted octanol–water partition coefficient (Wildman–Crippen LogP) is 3.71. The van der Waals surface area contributed by atoms with Crippen molar-refractivity contribution >= 4 is 17.6 Å². The Bertz CT molecular complexity index is 611. The Kier molecular flexibility index (Phi) is 4.22. The van der Waals surface area contributed by atoms with Crippen LogP contribution in [0.2, 0.25) is 0 Å². The van der Waals surface area contributed by atoms with Crippen molar-refractivity contribution in [1.82, 2.24) is 0 Å². The molecule has 0 aliphatic heterocycles. The molecule has 98 valence electrons. The van der Waals surface area contributed by atoms with Crippen molar-refractivity contribution in [3.63, 3.8) is 0 Å². The smallest absolute Gasteiger partial charge is 0.138 e. The number of nitrogens with one attached hydrogen (secondary N) is 1. The molecule has 2 aromatic carbocycles. The summed E-state index contributed by atoms with van der Waals surface area (Å²) in [6, 6.07) is 13.0. The molecule has 19 heavy (non-hydrogen) atoms. The monoisotopic (exact) mass is 274 g/mol. The first-order chi connectivity index (χ1) is 9.09. The normalized spacial score (nSPS) is 10.4. The van der Waals surface area contributed by atoms with Crippen molar-refractivity contribution in [2.45, 2.75) is 17.6 Å². The second kappa shape index (κ2) is 5.89. The number of nitrogen functional groups attached to an aromatic ring is 1. The van der Waals surface area contributed by atoms with Gasteiger partial charge in [0.2, 0.25) is 0 Å². The zero-order valence-corrected chi connectivity index (χ0v) is 11.4. The largest absolute Gasteiger partial charge is 0.384 e. The molecule has 0 aromatic heterocycles. The lowest BCUT2D eigenvalue weighted by molar-refractivity contribution is 0.614. The van der Waals surface area contributed by atoms with E-state index in [-0.39, 0.29) is 11.4 Å². The van der Waals surface area contributed by atoms with E-state index in [0.29, 0.717) is 11.3 Å². The van der Waals surface area contributed by atoms with Crippen LogP contribution >= 0.6 is 11.8 Å². The first kappa shape index (κ1) is 13.6. The maximum absolute atomic E-state index is 14.1. The van der Waals surface area contributed by atoms with E-state index in [4.69, 9.17) is 11.1 Å². The Morgan fingerprint density at radius 2 is 1.95 bits per heavy atom. The lowest BCUT2D eigenvalue weighted by Crippen LogP contribution is -2.14. The molecule has 0 bridgehead atoms. The zero-order valence-electron chi connectivity index (χ0n) is 10.6. The van der Waals surface area contributed by atoms with Crippen LogP contribution in [0.3, 0.4) is 0 Å². The van der Waals surface area contributed by atoms with Crippen LogP contribution in [0.25, 0.3) is 0 Å². The lowest BCUT2D eigenvalue weighted by Gasteiger charge is -2.08. The average molecular weight is 274 g/mol. The third kappa shape index (κ3) is 3.15. The Hall–Kier alpha value is -1.81. The third-order valence-corrected chi connectivity index (χ3v) is 4.07. The van der Waals surface area contributed by atoms with E-state index in [9.17, 15) is 4.39 Å². The highest BCUT2D eigenvalue weighted by atomic mass is 32.2. The quantitative estimate of drug-likeness (QED) is 0.507. The van der Waals surface area contributed by atoms with E-state index < -0.39 is 5.82 Å². The summed E-state index contributed by atoms with van der Waals surface area (Å²) in [6.07, 6.45) is 0. The Balaban J connectivity index is 2.19. The van der Waals surface area contributed by atoms with Crippen molar-refractivity contribution in [3.8, 4) is 0 Å². The van der Waals surface area contributed by atoms with E-state index in [1.165, 1.54) is 11.6 Å². The van der Waals surface area contributed by atoms with Gasteiger partial charge in [-0.2, -0.15) is 0 Å². The van der Waals surface area contributed by atoms with Gasteiger partial charge in [-0.25, -0.2) is 4.39 Å². The molecule has 0 aliphatic carbocycles. The zero-order chi connectivity index (χ0) is 13.8. The number of thioether (sulfide) groups is 1. The van der Waals surface area contributed by atoms with Crippen LogP contribution in [0.4, 0.5) is 4.39 Å². The highest BCUT2D eigenvalue weighted by molar-refractivity contribution is 7.98. The van der Waals surface area contributed by atoms with Crippen LogP contribution in [0.5, 0.6) is 0 Å². The van der Waals surface area contributed by atoms with Crippen molar-refractivity contribution in [1.29, 1.82) is 5.41 Å². The Morgan fingerprint density at radius 3 is 2.63 bits per heavy atom. The summed E-state index contributed by atoms with van der Waals surface area (Å²) in [6.45, 7) is 2.03. The van der Waals surface area contributed by atoms with Crippen molar-refractivity contribution < 1.29 is 4.39 Å². The minimum atomic E-state index is -0.393. The highest BCUT2D eigenvalue weighted by Crippen LogP contribution is 2.27. The minimum absolute atomic E-state index is 0.169. The summed E-state index contributed by atoms with van der Waals surface area (Å²) in [5.74, 6) is -0.103. The molecule has 0 amide bonds. The molecular weight excluding hydrogens is 259 g/mol. The minimum Gasteiger partial charge on any atom is -0.384 e. The molecule has 0 atom stereocenters. The molecule has 0 aliphatic rings. The van der Waals surface area contributed by atoms with Crippen LogP contribution < -0.4 is 5.73 Å². The van der Waals surface area contributed by atoms with E-state index in [1.807, 2.05) is 31.2 Å². The summed E-state index contributed by atoms with van der Waals surface area (Å²) in [5, 5.41) is 7.33. The Labute approximate surface area is 116 Å². The first-order valence-electron chi connectivity index (χ1n) is 5.90. The van der Waals surface area contributed by atoms with Gasteiger partial charge in [0.05, 0.1) is 5.56 Å². The maximum atomic E-state index is 14.1. The van der Waals surface area contributed by atoms with Crippen LogP contribution in [-0.4, -0.2) is 5.84 Å². The number of rotatable bonds is 4. The second-order valence-corrected chi connectivity index (χ2v) is 5.26. The first-order valence-corrected chi connectivity index (χ1v) is 6.88. The van der Waals surface area contributed by atoms with Gasteiger partial charge in [0.15, 0.2) is 0 Å². The number of hydrogen-bond donors (Lipinski definition) is 2. The third-order valence-electron chi connectivity index (χ3n) is 2.85. The summed E-state index contributed by atoms with van der Waals surface area (Å²) in [4.78, 5) is 1.13. The number of halogens is 1. The van der Waals surface area contributed by atoms with Crippen LogP contribution in [-0.2, 0) is 5.75 Å². The molecule has 0 radical (unpaired) electrons. The number of amidine groups is 1. The van der Waals surface area contributed by atoms with E-state index in [0.717, 1.165) is 4.90 Å². The van der Waals surface area contributed by atoms with Gasteiger partial charge in [0, 0.05) is 10.6 Å². The topological polar surface area (TPSA) is 49.9 Å². The summed E-state index contributed by atoms with van der Waals surface area (Å²) < 4.78 is 14.1. The van der Waals surface area contributed by atoms with Gasteiger partial charge in [-0.15, -0.1) is 11.8 Å².